The minimum Gasteiger partial charge on any atom is -0.334 e. The molecule has 2 rings (SSSR count). The van der Waals surface area contributed by atoms with Crippen LogP contribution < -0.4 is 5.73 Å². The van der Waals surface area contributed by atoms with E-state index in [9.17, 15) is 4.79 Å². The van der Waals surface area contributed by atoms with E-state index in [1.807, 2.05) is 49.9 Å². The molecular formula is C16H23ClN2O. The van der Waals surface area contributed by atoms with Crippen LogP contribution in [0.5, 0.6) is 0 Å². The number of rotatable bonds is 4. The molecule has 1 amide bonds. The molecule has 1 saturated carbocycles. The predicted molar refractivity (Wildman–Crippen MR) is 82.5 cm³/mol. The fraction of sp³-hybridized carbons (Fsp3) is 0.562. The zero-order valence-electron chi connectivity index (χ0n) is 12.4. The van der Waals surface area contributed by atoms with Crippen LogP contribution in [0.2, 0.25) is 5.02 Å². The first-order valence-corrected chi connectivity index (χ1v) is 7.47. The van der Waals surface area contributed by atoms with Gasteiger partial charge in [-0.05, 0) is 36.0 Å². The number of amides is 1. The quantitative estimate of drug-likeness (QED) is 0.927. The van der Waals surface area contributed by atoms with Gasteiger partial charge in [-0.25, -0.2) is 0 Å². The summed E-state index contributed by atoms with van der Waals surface area (Å²) in [7, 11) is 0. The highest BCUT2D eigenvalue weighted by Gasteiger charge is 2.38. The Kier molecular flexibility index (Phi) is 4.40. The SMILES string of the molecule is CC(C)(C)[C@H](N)C(=O)N(Cc1ccc(Cl)cc1)C1CC1. The van der Waals surface area contributed by atoms with E-state index in [0.717, 1.165) is 18.4 Å². The van der Waals surface area contributed by atoms with Crippen molar-refractivity contribution in [3.63, 3.8) is 0 Å². The lowest BCUT2D eigenvalue weighted by Gasteiger charge is -2.32. The average molecular weight is 295 g/mol. The van der Waals surface area contributed by atoms with E-state index in [1.54, 1.807) is 0 Å². The van der Waals surface area contributed by atoms with Crippen molar-refractivity contribution in [2.24, 2.45) is 11.1 Å². The molecule has 20 heavy (non-hydrogen) atoms. The summed E-state index contributed by atoms with van der Waals surface area (Å²) < 4.78 is 0. The van der Waals surface area contributed by atoms with Crippen molar-refractivity contribution in [3.8, 4) is 0 Å². The molecule has 0 radical (unpaired) electrons. The van der Waals surface area contributed by atoms with Crippen molar-refractivity contribution < 1.29 is 4.79 Å². The highest BCUT2D eigenvalue weighted by molar-refractivity contribution is 6.30. The molecule has 0 bridgehead atoms. The highest BCUT2D eigenvalue weighted by Crippen LogP contribution is 2.31. The first-order chi connectivity index (χ1) is 9.29. The molecule has 0 saturated heterocycles. The summed E-state index contributed by atoms with van der Waals surface area (Å²) in [6.45, 7) is 6.62. The molecule has 0 heterocycles. The number of carbonyl (C=O) groups excluding carboxylic acids is 1. The summed E-state index contributed by atoms with van der Waals surface area (Å²) in [6, 6.07) is 7.54. The van der Waals surface area contributed by atoms with E-state index >= 15 is 0 Å². The minimum atomic E-state index is -0.463. The van der Waals surface area contributed by atoms with E-state index in [4.69, 9.17) is 17.3 Å². The van der Waals surface area contributed by atoms with Crippen molar-refractivity contribution in [1.29, 1.82) is 0 Å². The maximum absolute atomic E-state index is 12.6. The second-order valence-electron chi connectivity index (χ2n) is 6.67. The number of nitrogens with zero attached hydrogens (tertiary/aromatic N) is 1. The van der Waals surface area contributed by atoms with E-state index in [-0.39, 0.29) is 11.3 Å². The molecular weight excluding hydrogens is 272 g/mol. The standard InChI is InChI=1S/C16H23ClN2O/c1-16(2,3)14(18)15(20)19(13-8-9-13)10-11-4-6-12(17)7-5-11/h4-7,13-14H,8-10,18H2,1-3H3/t14-/m1/s1. The molecule has 110 valence electrons. The fourth-order valence-corrected chi connectivity index (χ4v) is 2.23. The first kappa shape index (κ1) is 15.3. The third-order valence-corrected chi connectivity index (χ3v) is 3.99. The second-order valence-corrected chi connectivity index (χ2v) is 7.10. The van der Waals surface area contributed by atoms with Crippen molar-refractivity contribution in [2.45, 2.75) is 52.2 Å². The van der Waals surface area contributed by atoms with Crippen LogP contribution in [0.3, 0.4) is 0 Å². The number of hydrogen-bond acceptors (Lipinski definition) is 2. The Bertz CT molecular complexity index is 474. The first-order valence-electron chi connectivity index (χ1n) is 7.09. The third-order valence-electron chi connectivity index (χ3n) is 3.74. The Balaban J connectivity index is 2.11. The van der Waals surface area contributed by atoms with Crippen LogP contribution in [0.25, 0.3) is 0 Å². The molecule has 1 aliphatic carbocycles. The second kappa shape index (κ2) is 5.74. The summed E-state index contributed by atoms with van der Waals surface area (Å²) in [6.07, 6.45) is 2.16. The molecule has 1 fully saturated rings. The summed E-state index contributed by atoms with van der Waals surface area (Å²) in [4.78, 5) is 14.5. The monoisotopic (exact) mass is 294 g/mol. The minimum absolute atomic E-state index is 0.0509. The summed E-state index contributed by atoms with van der Waals surface area (Å²) in [5.74, 6) is 0.0509. The highest BCUT2D eigenvalue weighted by atomic mass is 35.5. The Morgan fingerprint density at radius 2 is 1.90 bits per heavy atom. The molecule has 3 nitrogen and oxygen atoms in total. The van der Waals surface area contributed by atoms with Gasteiger partial charge in [-0.3, -0.25) is 4.79 Å². The van der Waals surface area contributed by atoms with Gasteiger partial charge in [0.25, 0.3) is 0 Å². The Labute approximate surface area is 126 Å². The molecule has 2 N–H and O–H groups in total. The zero-order chi connectivity index (χ0) is 14.9. The molecule has 0 spiro atoms. The molecule has 1 aromatic rings. The van der Waals surface area contributed by atoms with Crippen LogP contribution >= 0.6 is 11.6 Å². The van der Waals surface area contributed by atoms with Crippen LogP contribution in [0, 0.1) is 5.41 Å². The Hall–Kier alpha value is -1.06. The van der Waals surface area contributed by atoms with Gasteiger partial charge >= 0.3 is 0 Å². The van der Waals surface area contributed by atoms with Crippen molar-refractivity contribution >= 4 is 17.5 Å². The zero-order valence-corrected chi connectivity index (χ0v) is 13.2. The number of hydrogen-bond donors (Lipinski definition) is 1. The van der Waals surface area contributed by atoms with Crippen molar-refractivity contribution in [2.75, 3.05) is 0 Å². The van der Waals surface area contributed by atoms with E-state index in [2.05, 4.69) is 0 Å². The van der Waals surface area contributed by atoms with Crippen LogP contribution in [0.1, 0.15) is 39.2 Å². The van der Waals surface area contributed by atoms with Gasteiger partial charge in [0.15, 0.2) is 0 Å². The average Bonchev–Trinajstić information content (AvgIpc) is 3.19. The van der Waals surface area contributed by atoms with Gasteiger partial charge in [-0.15, -0.1) is 0 Å². The lowest BCUT2D eigenvalue weighted by atomic mass is 9.86. The Morgan fingerprint density at radius 1 is 1.35 bits per heavy atom. The molecule has 0 unspecified atom stereocenters. The number of halogens is 1. The van der Waals surface area contributed by atoms with Crippen molar-refractivity contribution in [1.82, 2.24) is 4.90 Å². The van der Waals surface area contributed by atoms with Crippen LogP contribution in [-0.2, 0) is 11.3 Å². The lowest BCUT2D eigenvalue weighted by Crippen LogP contribution is -2.50. The summed E-state index contributed by atoms with van der Waals surface area (Å²) in [5.41, 5.74) is 7.00. The summed E-state index contributed by atoms with van der Waals surface area (Å²) in [5, 5.41) is 0.712. The fourth-order valence-electron chi connectivity index (χ4n) is 2.11. The third kappa shape index (κ3) is 3.74. The van der Waals surface area contributed by atoms with Gasteiger partial charge in [0.2, 0.25) is 5.91 Å². The van der Waals surface area contributed by atoms with Crippen LogP contribution in [-0.4, -0.2) is 22.9 Å². The van der Waals surface area contributed by atoms with Crippen LogP contribution in [0.4, 0.5) is 0 Å². The lowest BCUT2D eigenvalue weighted by molar-refractivity contribution is -0.136. The van der Waals surface area contributed by atoms with Gasteiger partial charge < -0.3 is 10.6 Å². The van der Waals surface area contributed by atoms with Gasteiger partial charge in [0.1, 0.15) is 0 Å². The van der Waals surface area contributed by atoms with E-state index < -0.39 is 6.04 Å². The Morgan fingerprint density at radius 3 is 2.35 bits per heavy atom. The van der Waals surface area contributed by atoms with Crippen LogP contribution in [0.15, 0.2) is 24.3 Å². The molecule has 1 aliphatic rings. The van der Waals surface area contributed by atoms with Crippen molar-refractivity contribution in [3.05, 3.63) is 34.9 Å². The van der Waals surface area contributed by atoms with Gasteiger partial charge in [0, 0.05) is 17.6 Å². The molecule has 0 aliphatic heterocycles. The molecule has 4 heteroatoms. The summed E-state index contributed by atoms with van der Waals surface area (Å²) >= 11 is 5.90. The number of nitrogens with two attached hydrogens (primary N) is 1. The predicted octanol–water partition coefficient (Wildman–Crippen LogP) is 3.20. The number of benzene rings is 1. The maximum atomic E-state index is 12.6. The molecule has 1 atom stereocenters. The largest absolute Gasteiger partial charge is 0.334 e. The normalized spacial score (nSPS) is 16.9. The van der Waals surface area contributed by atoms with Gasteiger partial charge in [-0.1, -0.05) is 44.5 Å². The maximum Gasteiger partial charge on any atom is 0.240 e. The number of carbonyl (C=O) groups is 1. The topological polar surface area (TPSA) is 46.3 Å². The molecule has 1 aromatic carbocycles. The molecule has 0 aromatic heterocycles. The van der Waals surface area contributed by atoms with Gasteiger partial charge in [-0.2, -0.15) is 0 Å². The smallest absolute Gasteiger partial charge is 0.240 e. The van der Waals surface area contributed by atoms with E-state index in [0.29, 0.717) is 17.6 Å². The van der Waals surface area contributed by atoms with E-state index in [1.165, 1.54) is 0 Å². The van der Waals surface area contributed by atoms with Gasteiger partial charge in [0.05, 0.1) is 6.04 Å².